The maximum Gasteiger partial charge on any atom is 0.411 e. The van der Waals surface area contributed by atoms with Gasteiger partial charge in [-0.25, -0.2) is 5.06 Å². The van der Waals surface area contributed by atoms with Crippen molar-refractivity contribution in [2.24, 2.45) is 0 Å². The molecule has 0 bridgehead atoms. The van der Waals surface area contributed by atoms with Gasteiger partial charge < -0.3 is 4.74 Å². The molecule has 0 saturated heterocycles. The van der Waals surface area contributed by atoms with Crippen LogP contribution in [-0.2, 0) is 14.4 Å². The van der Waals surface area contributed by atoms with Crippen LogP contribution in [0.3, 0.4) is 0 Å². The second-order valence-corrected chi connectivity index (χ2v) is 2.59. The number of likely N-dealkylation sites (N-methyl/N-ethyl adjacent to an activating group) is 1. The van der Waals surface area contributed by atoms with Crippen LogP contribution in [0.4, 0.5) is 13.2 Å². The van der Waals surface area contributed by atoms with Crippen LogP contribution in [0, 0.1) is 0 Å². The van der Waals surface area contributed by atoms with Crippen LogP contribution in [0.5, 0.6) is 0 Å². The van der Waals surface area contributed by atoms with Gasteiger partial charge in [0, 0.05) is 7.05 Å². The highest BCUT2D eigenvalue weighted by Gasteiger charge is 2.30. The Labute approximate surface area is 79.5 Å². The number of carbonyl (C=O) groups excluding carboxylic acids is 1. The average Bonchev–Trinajstić information content (AvgIpc) is 2.10. The molecular formula is C7H12F3NO3. The Bertz CT molecular complexity index is 195. The molecule has 84 valence electrons. The average molecular weight is 215 g/mol. The van der Waals surface area contributed by atoms with Crippen molar-refractivity contribution in [3.05, 3.63) is 0 Å². The van der Waals surface area contributed by atoms with Gasteiger partial charge in [0.05, 0.1) is 7.11 Å². The first-order valence-electron chi connectivity index (χ1n) is 3.78. The zero-order valence-electron chi connectivity index (χ0n) is 8.09. The number of amides is 1. The molecule has 0 spiro atoms. The highest BCUT2D eigenvalue weighted by Crippen LogP contribution is 2.15. The number of hydroxylamine groups is 2. The number of hydrogen-bond acceptors (Lipinski definition) is 3. The van der Waals surface area contributed by atoms with Crippen molar-refractivity contribution in [2.75, 3.05) is 20.8 Å². The van der Waals surface area contributed by atoms with E-state index in [1.165, 1.54) is 21.1 Å². The Balaban J connectivity index is 3.97. The summed E-state index contributed by atoms with van der Waals surface area (Å²) in [5.41, 5.74) is 0. The predicted molar refractivity (Wildman–Crippen MR) is 41.2 cm³/mol. The molecule has 0 saturated carbocycles. The molecule has 0 aliphatic rings. The quantitative estimate of drug-likeness (QED) is 0.656. The summed E-state index contributed by atoms with van der Waals surface area (Å²) in [7, 11) is 2.52. The molecule has 0 aliphatic heterocycles. The lowest BCUT2D eigenvalue weighted by Gasteiger charge is -2.19. The predicted octanol–water partition coefficient (Wildman–Crippen LogP) is 0.974. The molecule has 1 atom stereocenters. The lowest BCUT2D eigenvalue weighted by atomic mass is 10.4. The SMILES string of the molecule is CON(C)C(=O)C(C)OCC(F)(F)F. The minimum absolute atomic E-state index is 0.670. The third-order valence-corrected chi connectivity index (χ3v) is 1.43. The highest BCUT2D eigenvalue weighted by molar-refractivity contribution is 5.79. The van der Waals surface area contributed by atoms with Crippen molar-refractivity contribution < 1.29 is 27.5 Å². The summed E-state index contributed by atoms with van der Waals surface area (Å²) >= 11 is 0. The van der Waals surface area contributed by atoms with E-state index in [1.807, 2.05) is 0 Å². The first-order valence-corrected chi connectivity index (χ1v) is 3.78. The smallest absolute Gasteiger partial charge is 0.359 e. The van der Waals surface area contributed by atoms with Gasteiger partial charge in [-0.2, -0.15) is 13.2 Å². The summed E-state index contributed by atoms with van der Waals surface area (Å²) in [5.74, 6) is -0.670. The Hall–Kier alpha value is -0.820. The summed E-state index contributed by atoms with van der Waals surface area (Å²) in [6.45, 7) is -0.221. The molecule has 14 heavy (non-hydrogen) atoms. The van der Waals surface area contributed by atoms with Gasteiger partial charge in [0.25, 0.3) is 5.91 Å². The van der Waals surface area contributed by atoms with E-state index >= 15 is 0 Å². The van der Waals surface area contributed by atoms with Crippen molar-refractivity contribution in [3.63, 3.8) is 0 Å². The topological polar surface area (TPSA) is 38.8 Å². The Morgan fingerprint density at radius 1 is 1.50 bits per heavy atom. The molecule has 4 nitrogen and oxygen atoms in total. The molecule has 1 amide bonds. The molecule has 0 aromatic carbocycles. The summed E-state index contributed by atoms with van der Waals surface area (Å²) in [6, 6.07) is 0. The Morgan fingerprint density at radius 2 is 2.00 bits per heavy atom. The maximum absolute atomic E-state index is 11.7. The van der Waals surface area contributed by atoms with Gasteiger partial charge in [0.15, 0.2) is 0 Å². The normalized spacial score (nSPS) is 13.9. The molecule has 0 rings (SSSR count). The van der Waals surface area contributed by atoms with E-state index < -0.39 is 24.8 Å². The molecule has 0 radical (unpaired) electrons. The van der Waals surface area contributed by atoms with Crippen molar-refractivity contribution in [1.29, 1.82) is 0 Å². The second-order valence-electron chi connectivity index (χ2n) is 2.59. The number of halogens is 3. The van der Waals surface area contributed by atoms with E-state index in [0.29, 0.717) is 0 Å². The first kappa shape index (κ1) is 13.2. The molecule has 0 aromatic rings. The van der Waals surface area contributed by atoms with Gasteiger partial charge in [-0.15, -0.1) is 0 Å². The minimum Gasteiger partial charge on any atom is -0.359 e. The van der Waals surface area contributed by atoms with E-state index in [2.05, 4.69) is 9.57 Å². The van der Waals surface area contributed by atoms with Crippen LogP contribution in [-0.4, -0.2) is 44.0 Å². The summed E-state index contributed by atoms with van der Waals surface area (Å²) in [4.78, 5) is 15.6. The molecule has 0 N–H and O–H groups in total. The largest absolute Gasteiger partial charge is 0.411 e. The standard InChI is InChI=1S/C7H12F3NO3/c1-5(6(12)11(2)13-3)14-4-7(8,9)10/h5H,4H2,1-3H3. The summed E-state index contributed by atoms with van der Waals surface area (Å²) in [6.07, 6.45) is -5.61. The highest BCUT2D eigenvalue weighted by atomic mass is 19.4. The van der Waals surface area contributed by atoms with E-state index in [9.17, 15) is 18.0 Å². The van der Waals surface area contributed by atoms with E-state index in [4.69, 9.17) is 0 Å². The number of rotatable bonds is 4. The fraction of sp³-hybridized carbons (Fsp3) is 0.857. The van der Waals surface area contributed by atoms with E-state index in [-0.39, 0.29) is 0 Å². The van der Waals surface area contributed by atoms with Crippen molar-refractivity contribution in [1.82, 2.24) is 5.06 Å². The van der Waals surface area contributed by atoms with Crippen LogP contribution in [0.2, 0.25) is 0 Å². The second kappa shape index (κ2) is 5.16. The molecule has 0 fully saturated rings. The van der Waals surface area contributed by atoms with E-state index in [1.54, 1.807) is 0 Å². The molecule has 0 aliphatic carbocycles. The van der Waals surface area contributed by atoms with Gasteiger partial charge in [-0.05, 0) is 6.92 Å². The lowest BCUT2D eigenvalue weighted by molar-refractivity contribution is -0.201. The van der Waals surface area contributed by atoms with Gasteiger partial charge in [-0.3, -0.25) is 9.63 Å². The minimum atomic E-state index is -4.43. The van der Waals surface area contributed by atoms with Crippen molar-refractivity contribution in [3.8, 4) is 0 Å². The molecular weight excluding hydrogens is 203 g/mol. The fourth-order valence-electron chi connectivity index (χ4n) is 0.637. The lowest BCUT2D eigenvalue weighted by Crippen LogP contribution is -2.37. The molecule has 0 heterocycles. The van der Waals surface area contributed by atoms with E-state index in [0.717, 1.165) is 5.06 Å². The van der Waals surface area contributed by atoms with Crippen LogP contribution in [0.15, 0.2) is 0 Å². The number of ether oxygens (including phenoxy) is 1. The zero-order chi connectivity index (χ0) is 11.4. The number of hydrogen-bond donors (Lipinski definition) is 0. The number of carbonyl (C=O) groups is 1. The van der Waals surface area contributed by atoms with Gasteiger partial charge >= 0.3 is 6.18 Å². The number of nitrogens with zero attached hydrogens (tertiary/aromatic N) is 1. The first-order chi connectivity index (χ1) is 6.28. The summed E-state index contributed by atoms with van der Waals surface area (Å²) in [5, 5.41) is 0.807. The van der Waals surface area contributed by atoms with Gasteiger partial charge in [0.1, 0.15) is 12.7 Å². The van der Waals surface area contributed by atoms with Crippen LogP contribution in [0.1, 0.15) is 6.92 Å². The Kier molecular flexibility index (Phi) is 4.86. The molecule has 0 aromatic heterocycles. The van der Waals surface area contributed by atoms with Gasteiger partial charge in [0.2, 0.25) is 0 Å². The number of alkyl halides is 3. The van der Waals surface area contributed by atoms with Crippen LogP contribution < -0.4 is 0 Å². The van der Waals surface area contributed by atoms with Crippen molar-refractivity contribution >= 4 is 5.91 Å². The van der Waals surface area contributed by atoms with Crippen LogP contribution in [0.25, 0.3) is 0 Å². The van der Waals surface area contributed by atoms with Gasteiger partial charge in [-0.1, -0.05) is 0 Å². The van der Waals surface area contributed by atoms with Crippen LogP contribution >= 0.6 is 0 Å². The molecule has 7 heteroatoms. The van der Waals surface area contributed by atoms with Crippen molar-refractivity contribution in [2.45, 2.75) is 19.2 Å². The molecule has 1 unspecified atom stereocenters. The third kappa shape index (κ3) is 5.03. The monoisotopic (exact) mass is 215 g/mol. The fourth-order valence-corrected chi connectivity index (χ4v) is 0.637. The zero-order valence-corrected chi connectivity index (χ0v) is 8.09. The maximum atomic E-state index is 11.7. The third-order valence-electron chi connectivity index (χ3n) is 1.43. The summed E-state index contributed by atoms with van der Waals surface area (Å²) < 4.78 is 39.3. The Morgan fingerprint density at radius 3 is 2.36 bits per heavy atom.